The van der Waals surface area contributed by atoms with Crippen LogP contribution >= 0.6 is 11.6 Å². The van der Waals surface area contributed by atoms with E-state index in [1.165, 1.54) is 17.2 Å². The minimum Gasteiger partial charge on any atom is -0.399 e. The SMILES string of the molecule is Nc1ccc2c(c1)CCC2Nc1ccc(Cl)cc1F. The molecule has 2 aromatic rings. The molecule has 98 valence electrons. The highest BCUT2D eigenvalue weighted by molar-refractivity contribution is 6.30. The van der Waals surface area contributed by atoms with Crippen molar-refractivity contribution in [2.75, 3.05) is 11.1 Å². The fourth-order valence-corrected chi connectivity index (χ4v) is 2.74. The highest BCUT2D eigenvalue weighted by Crippen LogP contribution is 2.35. The van der Waals surface area contributed by atoms with Crippen LogP contribution < -0.4 is 11.1 Å². The van der Waals surface area contributed by atoms with Gasteiger partial charge in [-0.2, -0.15) is 0 Å². The fourth-order valence-electron chi connectivity index (χ4n) is 2.58. The highest BCUT2D eigenvalue weighted by Gasteiger charge is 2.23. The van der Waals surface area contributed by atoms with Gasteiger partial charge < -0.3 is 11.1 Å². The molecule has 3 rings (SSSR count). The van der Waals surface area contributed by atoms with Crippen LogP contribution in [0.4, 0.5) is 15.8 Å². The number of rotatable bonds is 2. The van der Waals surface area contributed by atoms with Gasteiger partial charge in [0, 0.05) is 10.7 Å². The highest BCUT2D eigenvalue weighted by atomic mass is 35.5. The number of anilines is 2. The summed E-state index contributed by atoms with van der Waals surface area (Å²) in [6, 6.07) is 10.7. The molecular formula is C15H14ClFN2. The molecule has 2 nitrogen and oxygen atoms in total. The topological polar surface area (TPSA) is 38.0 Å². The third-order valence-corrected chi connectivity index (χ3v) is 3.74. The van der Waals surface area contributed by atoms with Crippen molar-refractivity contribution in [1.29, 1.82) is 0 Å². The quantitative estimate of drug-likeness (QED) is 0.808. The summed E-state index contributed by atoms with van der Waals surface area (Å²) in [7, 11) is 0. The maximum absolute atomic E-state index is 13.8. The van der Waals surface area contributed by atoms with E-state index in [1.807, 2.05) is 18.2 Å². The molecule has 1 aliphatic rings. The Morgan fingerprint density at radius 1 is 1.21 bits per heavy atom. The summed E-state index contributed by atoms with van der Waals surface area (Å²) in [6.45, 7) is 0. The van der Waals surface area contributed by atoms with Gasteiger partial charge in [0.05, 0.1) is 11.7 Å². The van der Waals surface area contributed by atoms with E-state index in [4.69, 9.17) is 17.3 Å². The minimum atomic E-state index is -0.323. The summed E-state index contributed by atoms with van der Waals surface area (Å²) >= 11 is 5.75. The van der Waals surface area contributed by atoms with E-state index in [-0.39, 0.29) is 11.9 Å². The third kappa shape index (κ3) is 2.38. The van der Waals surface area contributed by atoms with Crippen LogP contribution in [0, 0.1) is 5.82 Å². The fraction of sp³-hybridized carbons (Fsp3) is 0.200. The zero-order valence-electron chi connectivity index (χ0n) is 10.3. The summed E-state index contributed by atoms with van der Waals surface area (Å²) in [5, 5.41) is 3.64. The molecular weight excluding hydrogens is 263 g/mol. The Labute approximate surface area is 116 Å². The van der Waals surface area contributed by atoms with Crippen LogP contribution in [0.3, 0.4) is 0 Å². The van der Waals surface area contributed by atoms with Crippen molar-refractivity contribution in [3.05, 3.63) is 58.4 Å². The summed E-state index contributed by atoms with van der Waals surface area (Å²) < 4.78 is 13.8. The number of nitrogens with one attached hydrogen (secondary N) is 1. The van der Waals surface area contributed by atoms with E-state index in [0.29, 0.717) is 10.7 Å². The summed E-state index contributed by atoms with van der Waals surface area (Å²) in [4.78, 5) is 0. The van der Waals surface area contributed by atoms with Crippen molar-refractivity contribution in [1.82, 2.24) is 0 Å². The number of nitrogens with two attached hydrogens (primary N) is 1. The van der Waals surface area contributed by atoms with Crippen molar-refractivity contribution in [2.24, 2.45) is 0 Å². The summed E-state index contributed by atoms with van der Waals surface area (Å²) in [6.07, 6.45) is 1.91. The molecule has 4 heteroatoms. The predicted octanol–water partition coefficient (Wildman–Crippen LogP) is 4.16. The Morgan fingerprint density at radius 2 is 2.05 bits per heavy atom. The third-order valence-electron chi connectivity index (χ3n) is 3.51. The number of halogens is 2. The minimum absolute atomic E-state index is 0.131. The average molecular weight is 277 g/mol. The van der Waals surface area contributed by atoms with Gasteiger partial charge >= 0.3 is 0 Å². The number of aryl methyl sites for hydroxylation is 1. The maximum Gasteiger partial charge on any atom is 0.147 e. The van der Waals surface area contributed by atoms with Crippen molar-refractivity contribution in [3.63, 3.8) is 0 Å². The first kappa shape index (κ1) is 12.3. The van der Waals surface area contributed by atoms with Crippen LogP contribution in [-0.4, -0.2) is 0 Å². The molecule has 0 heterocycles. The Bertz CT molecular complexity index is 628. The maximum atomic E-state index is 13.8. The number of hydrogen-bond acceptors (Lipinski definition) is 2. The second-order valence-electron chi connectivity index (χ2n) is 4.82. The molecule has 1 unspecified atom stereocenters. The number of fused-ring (bicyclic) bond motifs is 1. The van der Waals surface area contributed by atoms with E-state index in [1.54, 1.807) is 12.1 Å². The monoisotopic (exact) mass is 276 g/mol. The van der Waals surface area contributed by atoms with Gasteiger partial charge in [-0.15, -0.1) is 0 Å². The molecule has 3 N–H and O–H groups in total. The van der Waals surface area contributed by atoms with Crippen LogP contribution in [0.1, 0.15) is 23.6 Å². The molecule has 0 fully saturated rings. The van der Waals surface area contributed by atoms with E-state index >= 15 is 0 Å². The lowest BCUT2D eigenvalue weighted by molar-refractivity contribution is 0.625. The smallest absolute Gasteiger partial charge is 0.147 e. The van der Waals surface area contributed by atoms with Crippen LogP contribution in [0.15, 0.2) is 36.4 Å². The second-order valence-corrected chi connectivity index (χ2v) is 5.25. The largest absolute Gasteiger partial charge is 0.399 e. The predicted molar refractivity (Wildman–Crippen MR) is 76.9 cm³/mol. The van der Waals surface area contributed by atoms with Gasteiger partial charge in [-0.05, 0) is 54.3 Å². The van der Waals surface area contributed by atoms with E-state index in [0.717, 1.165) is 18.5 Å². The number of benzene rings is 2. The van der Waals surface area contributed by atoms with Crippen LogP contribution in [0.5, 0.6) is 0 Å². The Balaban J connectivity index is 1.86. The molecule has 0 amide bonds. The normalized spacial score (nSPS) is 17.3. The molecule has 1 aliphatic carbocycles. The van der Waals surface area contributed by atoms with E-state index < -0.39 is 0 Å². The van der Waals surface area contributed by atoms with Crippen LogP contribution in [0.2, 0.25) is 5.02 Å². The van der Waals surface area contributed by atoms with E-state index in [9.17, 15) is 4.39 Å². The standard InChI is InChI=1S/C15H14ClFN2/c16-10-2-6-15(13(17)8-10)19-14-5-1-9-7-11(18)3-4-12(9)14/h2-4,6-8,14,19H,1,5,18H2. The lowest BCUT2D eigenvalue weighted by Crippen LogP contribution is -2.08. The zero-order chi connectivity index (χ0) is 13.4. The molecule has 0 radical (unpaired) electrons. The first-order valence-corrected chi connectivity index (χ1v) is 6.61. The van der Waals surface area contributed by atoms with Gasteiger partial charge in [0.25, 0.3) is 0 Å². The summed E-state index contributed by atoms with van der Waals surface area (Å²) in [5.41, 5.74) is 9.48. The van der Waals surface area contributed by atoms with Crippen molar-refractivity contribution in [2.45, 2.75) is 18.9 Å². The average Bonchev–Trinajstić information content (AvgIpc) is 2.75. The van der Waals surface area contributed by atoms with Crippen LogP contribution in [-0.2, 0) is 6.42 Å². The van der Waals surface area contributed by atoms with Gasteiger partial charge in [0.15, 0.2) is 0 Å². The first-order chi connectivity index (χ1) is 9.13. The van der Waals surface area contributed by atoms with Gasteiger partial charge in [0.1, 0.15) is 5.82 Å². The Kier molecular flexibility index (Phi) is 3.07. The Morgan fingerprint density at radius 3 is 2.84 bits per heavy atom. The lowest BCUT2D eigenvalue weighted by Gasteiger charge is -2.16. The van der Waals surface area contributed by atoms with E-state index in [2.05, 4.69) is 5.32 Å². The molecule has 2 aromatic carbocycles. The molecule has 0 saturated carbocycles. The first-order valence-electron chi connectivity index (χ1n) is 6.23. The zero-order valence-corrected chi connectivity index (χ0v) is 11.0. The van der Waals surface area contributed by atoms with Crippen molar-refractivity contribution < 1.29 is 4.39 Å². The molecule has 0 bridgehead atoms. The van der Waals surface area contributed by atoms with Gasteiger partial charge in [-0.1, -0.05) is 17.7 Å². The molecule has 0 saturated heterocycles. The second kappa shape index (κ2) is 4.74. The number of hydrogen-bond donors (Lipinski definition) is 2. The van der Waals surface area contributed by atoms with Crippen molar-refractivity contribution in [3.8, 4) is 0 Å². The molecule has 0 aromatic heterocycles. The van der Waals surface area contributed by atoms with Crippen molar-refractivity contribution >= 4 is 23.0 Å². The van der Waals surface area contributed by atoms with Gasteiger partial charge in [-0.25, -0.2) is 4.39 Å². The molecule has 1 atom stereocenters. The molecule has 0 spiro atoms. The van der Waals surface area contributed by atoms with Gasteiger partial charge in [-0.3, -0.25) is 0 Å². The number of nitrogen functional groups attached to an aromatic ring is 1. The lowest BCUT2D eigenvalue weighted by atomic mass is 10.1. The van der Waals surface area contributed by atoms with Crippen LogP contribution in [0.25, 0.3) is 0 Å². The van der Waals surface area contributed by atoms with Gasteiger partial charge in [0.2, 0.25) is 0 Å². The molecule has 0 aliphatic heterocycles. The Hall–Kier alpha value is -1.74. The summed E-state index contributed by atoms with van der Waals surface area (Å²) in [5.74, 6) is -0.323. The molecule has 19 heavy (non-hydrogen) atoms.